The lowest BCUT2D eigenvalue weighted by Crippen LogP contribution is -2.29. The minimum atomic E-state index is -0.252. The van der Waals surface area contributed by atoms with Crippen LogP contribution in [0.4, 0.5) is 5.00 Å². The second-order valence-electron chi connectivity index (χ2n) is 7.81. The van der Waals surface area contributed by atoms with Gasteiger partial charge in [0.1, 0.15) is 27.1 Å². The number of carbonyl (C=O) groups excluding carboxylic acids is 1. The number of benzene rings is 2. The van der Waals surface area contributed by atoms with Crippen molar-refractivity contribution in [1.29, 1.82) is 0 Å². The molecule has 0 bridgehead atoms. The fraction of sp³-hybridized carbons (Fsp3) is 0.280. The number of aromatic nitrogens is 1. The van der Waals surface area contributed by atoms with Crippen LogP contribution in [0.25, 0.3) is 20.8 Å². The monoisotopic (exact) mass is 479 g/mol. The number of hydrogen-bond acceptors (Lipinski definition) is 7. The van der Waals surface area contributed by atoms with Gasteiger partial charge in [-0.3, -0.25) is 9.69 Å². The zero-order chi connectivity index (χ0) is 22.9. The molecule has 0 radical (unpaired) electrons. The van der Waals surface area contributed by atoms with Crippen molar-refractivity contribution < 1.29 is 14.3 Å². The maximum absolute atomic E-state index is 13.5. The molecule has 0 aliphatic carbocycles. The molecule has 33 heavy (non-hydrogen) atoms. The lowest BCUT2D eigenvalue weighted by atomic mass is 10.0. The van der Waals surface area contributed by atoms with Crippen LogP contribution in [0.5, 0.6) is 11.5 Å². The average molecular weight is 480 g/mol. The summed E-state index contributed by atoms with van der Waals surface area (Å²) >= 11 is 3.32. The molecule has 8 heteroatoms. The Morgan fingerprint density at radius 3 is 2.55 bits per heavy atom. The van der Waals surface area contributed by atoms with Gasteiger partial charge >= 0.3 is 0 Å². The zero-order valence-electron chi connectivity index (χ0n) is 18.8. The van der Waals surface area contributed by atoms with Crippen molar-refractivity contribution in [2.45, 2.75) is 19.9 Å². The highest BCUT2D eigenvalue weighted by Crippen LogP contribution is 2.46. The Morgan fingerprint density at radius 1 is 1.09 bits per heavy atom. The Morgan fingerprint density at radius 2 is 1.85 bits per heavy atom. The number of para-hydroxylation sites is 1. The van der Waals surface area contributed by atoms with E-state index in [4.69, 9.17) is 14.5 Å². The van der Waals surface area contributed by atoms with Gasteiger partial charge in [-0.25, -0.2) is 4.98 Å². The summed E-state index contributed by atoms with van der Waals surface area (Å²) in [6, 6.07) is 13.5. The molecule has 3 heterocycles. The minimum absolute atomic E-state index is 0.252. The van der Waals surface area contributed by atoms with Gasteiger partial charge in [0, 0.05) is 23.5 Å². The van der Waals surface area contributed by atoms with Gasteiger partial charge < -0.3 is 14.8 Å². The lowest BCUT2D eigenvalue weighted by molar-refractivity contribution is 0.102. The molecule has 0 saturated heterocycles. The van der Waals surface area contributed by atoms with E-state index in [2.05, 4.69) is 23.2 Å². The average Bonchev–Trinajstić information content (AvgIpc) is 3.43. The van der Waals surface area contributed by atoms with Crippen LogP contribution in [-0.4, -0.2) is 43.1 Å². The number of amides is 1. The molecule has 170 valence electrons. The van der Waals surface area contributed by atoms with E-state index in [1.54, 1.807) is 49.0 Å². The maximum atomic E-state index is 13.5. The number of thiazole rings is 1. The van der Waals surface area contributed by atoms with Gasteiger partial charge in [0.05, 0.1) is 24.4 Å². The summed E-state index contributed by atoms with van der Waals surface area (Å²) < 4.78 is 12.1. The predicted molar refractivity (Wildman–Crippen MR) is 135 cm³/mol. The SMILES string of the molecule is CCN1CCc2c(sc(NC(=O)c3c(OC)cccc3OC)c2-c2nc3ccccc3s2)C1. The van der Waals surface area contributed by atoms with Crippen molar-refractivity contribution in [3.63, 3.8) is 0 Å². The summed E-state index contributed by atoms with van der Waals surface area (Å²) in [4.78, 5) is 22.1. The summed E-state index contributed by atoms with van der Waals surface area (Å²) in [7, 11) is 3.11. The van der Waals surface area contributed by atoms with Crippen molar-refractivity contribution in [3.8, 4) is 22.1 Å². The Kier molecular flexibility index (Phi) is 6.05. The number of methoxy groups -OCH3 is 2. The van der Waals surface area contributed by atoms with Gasteiger partial charge in [0.2, 0.25) is 0 Å². The van der Waals surface area contributed by atoms with Crippen molar-refractivity contribution in [2.75, 3.05) is 32.6 Å². The zero-order valence-corrected chi connectivity index (χ0v) is 20.4. The molecule has 0 fully saturated rings. The Labute approximate surface area is 200 Å². The molecule has 0 atom stereocenters. The number of anilines is 1. The molecule has 6 nitrogen and oxygen atoms in total. The number of rotatable bonds is 6. The van der Waals surface area contributed by atoms with Gasteiger partial charge in [0.15, 0.2) is 0 Å². The number of hydrogen-bond donors (Lipinski definition) is 1. The maximum Gasteiger partial charge on any atom is 0.263 e. The van der Waals surface area contributed by atoms with Crippen LogP contribution in [-0.2, 0) is 13.0 Å². The van der Waals surface area contributed by atoms with E-state index in [0.717, 1.165) is 51.8 Å². The van der Waals surface area contributed by atoms with Gasteiger partial charge in [0.25, 0.3) is 5.91 Å². The minimum Gasteiger partial charge on any atom is -0.496 e. The number of fused-ring (bicyclic) bond motifs is 2. The molecule has 1 amide bonds. The quantitative estimate of drug-likeness (QED) is 0.386. The first-order valence-corrected chi connectivity index (χ1v) is 12.5. The van der Waals surface area contributed by atoms with Crippen LogP contribution in [0.3, 0.4) is 0 Å². The van der Waals surface area contributed by atoms with E-state index >= 15 is 0 Å². The topological polar surface area (TPSA) is 63.7 Å². The van der Waals surface area contributed by atoms with Gasteiger partial charge in [-0.1, -0.05) is 25.1 Å². The first kappa shape index (κ1) is 21.9. The van der Waals surface area contributed by atoms with Crippen molar-refractivity contribution in [2.24, 2.45) is 0 Å². The standard InChI is InChI=1S/C25H25N3O3S2/c1-4-28-13-12-15-20(14-28)33-25(21(15)24-26-16-8-5-6-11-19(16)32-24)27-23(29)22-17(30-2)9-7-10-18(22)31-3/h5-11H,4,12-14H2,1-3H3,(H,27,29). The molecule has 4 aromatic rings. The number of ether oxygens (including phenoxy) is 2. The third-order valence-corrected chi connectivity index (χ3v) is 8.16. The number of nitrogens with zero attached hydrogens (tertiary/aromatic N) is 2. The predicted octanol–water partition coefficient (Wildman–Crippen LogP) is 5.67. The molecule has 2 aromatic heterocycles. The van der Waals surface area contributed by atoms with Crippen LogP contribution >= 0.6 is 22.7 Å². The second kappa shape index (κ2) is 9.13. The lowest BCUT2D eigenvalue weighted by Gasteiger charge is -2.25. The summed E-state index contributed by atoms with van der Waals surface area (Å²) in [6.45, 7) is 5.09. The number of thiophene rings is 1. The smallest absolute Gasteiger partial charge is 0.263 e. The number of nitrogens with one attached hydrogen (secondary N) is 1. The van der Waals surface area contributed by atoms with Gasteiger partial charge in [-0.05, 0) is 42.8 Å². The van der Waals surface area contributed by atoms with E-state index in [0.29, 0.717) is 17.1 Å². The highest BCUT2D eigenvalue weighted by Gasteiger charge is 2.28. The van der Waals surface area contributed by atoms with Crippen molar-refractivity contribution >= 4 is 43.8 Å². The van der Waals surface area contributed by atoms with E-state index < -0.39 is 0 Å². The van der Waals surface area contributed by atoms with Crippen LogP contribution in [0.15, 0.2) is 42.5 Å². The molecule has 1 N–H and O–H groups in total. The third-order valence-electron chi connectivity index (χ3n) is 5.97. The summed E-state index contributed by atoms with van der Waals surface area (Å²) in [6.07, 6.45) is 0.943. The van der Waals surface area contributed by atoms with Gasteiger partial charge in [-0.2, -0.15) is 0 Å². The van der Waals surface area contributed by atoms with Crippen molar-refractivity contribution in [3.05, 3.63) is 58.5 Å². The molecule has 0 saturated carbocycles. The van der Waals surface area contributed by atoms with Crippen LogP contribution in [0, 0.1) is 0 Å². The highest BCUT2D eigenvalue weighted by atomic mass is 32.1. The first-order valence-electron chi connectivity index (χ1n) is 10.9. The van der Waals surface area contributed by atoms with Crippen molar-refractivity contribution in [1.82, 2.24) is 9.88 Å². The summed E-state index contributed by atoms with van der Waals surface area (Å²) in [5.41, 5.74) is 3.71. The van der Waals surface area contributed by atoms with E-state index in [-0.39, 0.29) is 5.91 Å². The Hall–Kier alpha value is -2.94. The normalized spacial score (nSPS) is 13.7. The molecule has 5 rings (SSSR count). The van der Waals surface area contributed by atoms with E-state index in [9.17, 15) is 4.79 Å². The fourth-order valence-electron chi connectivity index (χ4n) is 4.26. The van der Waals surface area contributed by atoms with Crippen LogP contribution in [0.1, 0.15) is 27.7 Å². The van der Waals surface area contributed by atoms with Crippen LogP contribution < -0.4 is 14.8 Å². The molecular formula is C25H25N3O3S2. The largest absolute Gasteiger partial charge is 0.496 e. The number of carbonyl (C=O) groups is 1. The third kappa shape index (κ3) is 3.99. The summed E-state index contributed by atoms with van der Waals surface area (Å²) in [5, 5.41) is 4.95. The second-order valence-corrected chi connectivity index (χ2v) is 9.94. The molecule has 2 aromatic carbocycles. The number of likely N-dealkylation sites (N-methyl/N-ethyl adjacent to an activating group) is 1. The highest BCUT2D eigenvalue weighted by molar-refractivity contribution is 7.23. The van der Waals surface area contributed by atoms with Gasteiger partial charge in [-0.15, -0.1) is 22.7 Å². The first-order chi connectivity index (χ1) is 16.1. The molecule has 0 unspecified atom stereocenters. The molecular weight excluding hydrogens is 454 g/mol. The van der Waals surface area contributed by atoms with E-state index in [1.807, 2.05) is 24.3 Å². The van der Waals surface area contributed by atoms with Crippen LogP contribution in [0.2, 0.25) is 0 Å². The Balaban J connectivity index is 1.61. The fourth-order valence-corrected chi connectivity index (χ4v) is 6.66. The molecule has 0 spiro atoms. The molecule has 1 aliphatic heterocycles. The molecule has 1 aliphatic rings. The summed E-state index contributed by atoms with van der Waals surface area (Å²) in [5.74, 6) is 0.705. The Bertz CT molecular complexity index is 1270. The van der Waals surface area contributed by atoms with E-state index in [1.165, 1.54) is 10.4 Å².